The van der Waals surface area contributed by atoms with Crippen molar-refractivity contribution in [2.75, 3.05) is 6.54 Å². The van der Waals surface area contributed by atoms with E-state index in [0.29, 0.717) is 0 Å². The van der Waals surface area contributed by atoms with Crippen LogP contribution in [0.15, 0.2) is 17.5 Å². The van der Waals surface area contributed by atoms with Gasteiger partial charge in [-0.25, -0.2) is 9.59 Å². The normalized spacial score (nSPS) is 23.3. The average Bonchev–Trinajstić information content (AvgIpc) is 3.04. The quantitative estimate of drug-likeness (QED) is 0.789. The van der Waals surface area contributed by atoms with E-state index in [-0.39, 0.29) is 24.9 Å². The summed E-state index contributed by atoms with van der Waals surface area (Å²) >= 11 is 1.55. The van der Waals surface area contributed by atoms with Crippen molar-refractivity contribution in [3.05, 3.63) is 22.4 Å². The van der Waals surface area contributed by atoms with E-state index in [2.05, 4.69) is 5.32 Å². The van der Waals surface area contributed by atoms with Gasteiger partial charge in [-0.15, -0.1) is 11.3 Å². The lowest BCUT2D eigenvalue weighted by Gasteiger charge is -2.27. The van der Waals surface area contributed by atoms with Gasteiger partial charge in [0.1, 0.15) is 6.04 Å². The van der Waals surface area contributed by atoms with Crippen molar-refractivity contribution >= 4 is 23.3 Å². The van der Waals surface area contributed by atoms with Crippen LogP contribution < -0.4 is 5.32 Å². The second kappa shape index (κ2) is 6.44. The van der Waals surface area contributed by atoms with Crippen LogP contribution in [-0.2, 0) is 4.79 Å². The fourth-order valence-electron chi connectivity index (χ4n) is 2.52. The van der Waals surface area contributed by atoms with Gasteiger partial charge in [0.2, 0.25) is 0 Å². The Morgan fingerprint density at radius 1 is 1.48 bits per heavy atom. The number of likely N-dealkylation sites (tertiary alicyclic amines) is 1. The molecule has 0 aromatic carbocycles. The third-order valence-corrected chi connectivity index (χ3v) is 4.58. The number of rotatable bonds is 4. The van der Waals surface area contributed by atoms with Crippen LogP contribution in [0, 0.1) is 5.92 Å². The van der Waals surface area contributed by atoms with Crippen molar-refractivity contribution in [1.29, 1.82) is 0 Å². The van der Waals surface area contributed by atoms with E-state index in [1.54, 1.807) is 11.3 Å². The lowest BCUT2D eigenvalue weighted by molar-refractivity contribution is -0.141. The van der Waals surface area contributed by atoms with E-state index >= 15 is 0 Å². The molecule has 2 rings (SSSR count). The minimum absolute atomic E-state index is 0.0536. The number of aliphatic hydroxyl groups excluding tert-OH is 1. The molecule has 0 spiro atoms. The van der Waals surface area contributed by atoms with Crippen molar-refractivity contribution in [2.45, 2.75) is 38.5 Å². The van der Waals surface area contributed by atoms with Gasteiger partial charge in [-0.1, -0.05) is 19.9 Å². The molecule has 1 fully saturated rings. The molecule has 116 valence electrons. The molecule has 1 saturated heterocycles. The monoisotopic (exact) mass is 312 g/mol. The number of carbonyl (C=O) groups excluding carboxylic acids is 1. The van der Waals surface area contributed by atoms with Crippen LogP contribution in [0.4, 0.5) is 4.79 Å². The average molecular weight is 312 g/mol. The van der Waals surface area contributed by atoms with E-state index in [1.165, 1.54) is 4.90 Å². The number of thiophene rings is 1. The van der Waals surface area contributed by atoms with Gasteiger partial charge < -0.3 is 20.4 Å². The van der Waals surface area contributed by atoms with Crippen molar-refractivity contribution in [3.8, 4) is 0 Å². The maximum absolute atomic E-state index is 12.4. The predicted molar refractivity (Wildman–Crippen MR) is 79.2 cm³/mol. The summed E-state index contributed by atoms with van der Waals surface area (Å²) in [7, 11) is 0. The Morgan fingerprint density at radius 2 is 2.19 bits per heavy atom. The van der Waals surface area contributed by atoms with Crippen LogP contribution in [0.5, 0.6) is 0 Å². The first-order valence-electron chi connectivity index (χ1n) is 6.91. The number of hydrogen-bond acceptors (Lipinski definition) is 4. The highest BCUT2D eigenvalue weighted by atomic mass is 32.1. The summed E-state index contributed by atoms with van der Waals surface area (Å²) in [6.45, 7) is 4.05. The highest BCUT2D eigenvalue weighted by molar-refractivity contribution is 7.10. The number of carboxylic acids is 1. The Labute approximate surface area is 127 Å². The first-order chi connectivity index (χ1) is 9.90. The molecule has 3 N–H and O–H groups in total. The number of nitrogens with zero attached hydrogens (tertiary/aromatic N) is 1. The fourth-order valence-corrected chi connectivity index (χ4v) is 3.47. The molecule has 0 radical (unpaired) electrons. The molecular weight excluding hydrogens is 292 g/mol. The van der Waals surface area contributed by atoms with Gasteiger partial charge in [-0.05, 0) is 17.4 Å². The Morgan fingerprint density at radius 3 is 2.71 bits per heavy atom. The first kappa shape index (κ1) is 15.8. The first-order valence-corrected chi connectivity index (χ1v) is 7.79. The molecule has 0 bridgehead atoms. The van der Waals surface area contributed by atoms with Crippen molar-refractivity contribution in [3.63, 3.8) is 0 Å². The van der Waals surface area contributed by atoms with Gasteiger partial charge in [0.05, 0.1) is 12.1 Å². The van der Waals surface area contributed by atoms with Crippen LogP contribution in [0.2, 0.25) is 0 Å². The number of hydrogen-bond donors (Lipinski definition) is 3. The van der Waals surface area contributed by atoms with Crippen LogP contribution in [-0.4, -0.2) is 45.8 Å². The molecule has 21 heavy (non-hydrogen) atoms. The number of amides is 2. The van der Waals surface area contributed by atoms with Crippen LogP contribution in [0.1, 0.15) is 31.2 Å². The van der Waals surface area contributed by atoms with Crippen LogP contribution in [0.25, 0.3) is 0 Å². The van der Waals surface area contributed by atoms with E-state index in [1.807, 2.05) is 31.4 Å². The summed E-state index contributed by atoms with van der Waals surface area (Å²) in [5, 5.41) is 23.6. The number of carbonyl (C=O) groups is 2. The van der Waals surface area contributed by atoms with Crippen LogP contribution >= 0.6 is 11.3 Å². The third-order valence-electron chi connectivity index (χ3n) is 3.62. The highest BCUT2D eigenvalue weighted by Gasteiger charge is 2.39. The number of aliphatic carboxylic acids is 1. The number of nitrogens with one attached hydrogen (secondary N) is 1. The second-order valence-corrected chi connectivity index (χ2v) is 6.56. The summed E-state index contributed by atoms with van der Waals surface area (Å²) in [4.78, 5) is 25.8. The molecule has 2 heterocycles. The van der Waals surface area contributed by atoms with E-state index in [9.17, 15) is 14.7 Å². The van der Waals surface area contributed by atoms with Gasteiger partial charge in [-0.2, -0.15) is 0 Å². The summed E-state index contributed by atoms with van der Waals surface area (Å²) in [5.41, 5.74) is 0. The summed E-state index contributed by atoms with van der Waals surface area (Å²) < 4.78 is 0. The van der Waals surface area contributed by atoms with Crippen molar-refractivity contribution < 1.29 is 19.8 Å². The topological polar surface area (TPSA) is 89.9 Å². The molecule has 0 saturated carbocycles. The lowest BCUT2D eigenvalue weighted by Crippen LogP contribution is -2.47. The van der Waals surface area contributed by atoms with E-state index in [0.717, 1.165) is 4.88 Å². The zero-order valence-electron chi connectivity index (χ0n) is 12.0. The SMILES string of the molecule is CC(C)C(NC(=O)N1C[C@@H](O)C[C@H]1C(=O)O)c1cccs1. The zero-order valence-corrected chi connectivity index (χ0v) is 12.8. The number of β-amino-alcohol motifs (C(OH)–C–C–N with tert-alkyl or cyclic N) is 1. The molecule has 6 nitrogen and oxygen atoms in total. The molecule has 3 atom stereocenters. The molecule has 1 aliphatic heterocycles. The zero-order chi connectivity index (χ0) is 15.6. The molecule has 1 aromatic rings. The Hall–Kier alpha value is -1.60. The minimum atomic E-state index is -1.08. The minimum Gasteiger partial charge on any atom is -0.480 e. The predicted octanol–water partition coefficient (Wildman–Crippen LogP) is 1.67. The molecule has 1 unspecified atom stereocenters. The van der Waals surface area contributed by atoms with Crippen molar-refractivity contribution in [2.24, 2.45) is 5.92 Å². The molecule has 1 aromatic heterocycles. The molecular formula is C14H20N2O4S. The van der Waals surface area contributed by atoms with Crippen LogP contribution in [0.3, 0.4) is 0 Å². The smallest absolute Gasteiger partial charge is 0.326 e. The third kappa shape index (κ3) is 3.54. The molecule has 0 aliphatic carbocycles. The number of aliphatic hydroxyl groups is 1. The van der Waals surface area contributed by atoms with Gasteiger partial charge in [-0.3, -0.25) is 0 Å². The van der Waals surface area contributed by atoms with E-state index in [4.69, 9.17) is 5.11 Å². The number of carboxylic acid groups (broad SMARTS) is 1. The standard InChI is InChI=1S/C14H20N2O4S/c1-8(2)12(11-4-3-5-21-11)15-14(20)16-7-9(17)6-10(16)13(18)19/h3-5,8-10,12,17H,6-7H2,1-2H3,(H,15,20)(H,18,19)/t9-,10-,12?/m0/s1. The van der Waals surface area contributed by atoms with Gasteiger partial charge in [0.25, 0.3) is 0 Å². The highest BCUT2D eigenvalue weighted by Crippen LogP contribution is 2.27. The van der Waals surface area contributed by atoms with Crippen molar-refractivity contribution in [1.82, 2.24) is 10.2 Å². The molecule has 1 aliphatic rings. The van der Waals surface area contributed by atoms with Gasteiger partial charge >= 0.3 is 12.0 Å². The Balaban J connectivity index is 2.10. The summed E-state index contributed by atoms with van der Waals surface area (Å²) in [5.74, 6) is -0.901. The number of urea groups is 1. The van der Waals surface area contributed by atoms with Gasteiger partial charge in [0.15, 0.2) is 0 Å². The maximum Gasteiger partial charge on any atom is 0.326 e. The molecule has 7 heteroatoms. The molecule has 2 amide bonds. The Bertz CT molecular complexity index is 503. The maximum atomic E-state index is 12.4. The second-order valence-electron chi connectivity index (χ2n) is 5.58. The largest absolute Gasteiger partial charge is 0.480 e. The van der Waals surface area contributed by atoms with E-state index < -0.39 is 24.1 Å². The summed E-state index contributed by atoms with van der Waals surface area (Å²) in [6.07, 6.45) is -0.704. The lowest BCUT2D eigenvalue weighted by atomic mass is 10.0. The van der Waals surface area contributed by atoms with Gasteiger partial charge in [0, 0.05) is 17.8 Å². The fraction of sp³-hybridized carbons (Fsp3) is 0.571. The Kier molecular flexibility index (Phi) is 4.84. The summed E-state index contributed by atoms with van der Waals surface area (Å²) in [6, 6.07) is 2.30.